The Labute approximate surface area is 185 Å². The van der Waals surface area contributed by atoms with Crippen molar-refractivity contribution in [2.24, 2.45) is 0 Å². The first-order valence-corrected chi connectivity index (χ1v) is 12.0. The van der Waals surface area contributed by atoms with Gasteiger partial charge in [0, 0.05) is 38.8 Å². The number of amides is 1. The Bertz CT molecular complexity index is 954. The van der Waals surface area contributed by atoms with Crippen LogP contribution in [0, 0.1) is 0 Å². The highest BCUT2D eigenvalue weighted by Gasteiger charge is 2.28. The number of hydrogen-bond acceptors (Lipinski definition) is 5. The Morgan fingerprint density at radius 3 is 2.16 bits per heavy atom. The molecule has 0 radical (unpaired) electrons. The Morgan fingerprint density at radius 1 is 0.968 bits per heavy atom. The van der Waals surface area contributed by atoms with Gasteiger partial charge in [-0.1, -0.05) is 30.3 Å². The number of benzene rings is 2. The molecule has 1 heterocycles. The third-order valence-electron chi connectivity index (χ3n) is 5.15. The fraction of sp³-hybridized carbons (Fsp3) is 0.435. The monoisotopic (exact) mass is 445 g/mol. The summed E-state index contributed by atoms with van der Waals surface area (Å²) in [6.07, 6.45) is -0.664. The zero-order valence-electron chi connectivity index (χ0n) is 18.3. The molecule has 8 heteroatoms. The van der Waals surface area contributed by atoms with Gasteiger partial charge in [0.15, 0.2) is 6.10 Å². The summed E-state index contributed by atoms with van der Waals surface area (Å²) in [5.41, 5.74) is 1.23. The highest BCUT2D eigenvalue weighted by Crippen LogP contribution is 2.22. The first kappa shape index (κ1) is 23.2. The van der Waals surface area contributed by atoms with E-state index in [1.807, 2.05) is 32.0 Å². The minimum atomic E-state index is -3.56. The fourth-order valence-electron chi connectivity index (χ4n) is 3.47. The van der Waals surface area contributed by atoms with Crippen LogP contribution in [0.1, 0.15) is 26.3 Å². The predicted octanol–water partition coefficient (Wildman–Crippen LogP) is 2.48. The van der Waals surface area contributed by atoms with E-state index in [4.69, 9.17) is 4.74 Å². The number of nitrogens with zero attached hydrogens (tertiary/aromatic N) is 2. The number of ether oxygens (including phenoxy) is 1. The van der Waals surface area contributed by atoms with Gasteiger partial charge in [-0.25, -0.2) is 8.42 Å². The third kappa shape index (κ3) is 6.29. The summed E-state index contributed by atoms with van der Waals surface area (Å²) in [7, 11) is -3.56. The quantitative estimate of drug-likeness (QED) is 0.675. The molecule has 0 aliphatic carbocycles. The van der Waals surface area contributed by atoms with E-state index in [9.17, 15) is 13.2 Å². The number of nitrogens with one attached hydrogen (secondary N) is 1. The van der Waals surface area contributed by atoms with E-state index in [-0.39, 0.29) is 16.8 Å². The van der Waals surface area contributed by atoms with Gasteiger partial charge in [0.1, 0.15) is 5.75 Å². The molecular weight excluding hydrogens is 414 g/mol. The maximum absolute atomic E-state index is 13.0. The second-order valence-electron chi connectivity index (χ2n) is 8.06. The van der Waals surface area contributed by atoms with Gasteiger partial charge in [-0.2, -0.15) is 4.31 Å². The normalized spacial score (nSPS) is 16.8. The van der Waals surface area contributed by atoms with Gasteiger partial charge in [-0.05, 0) is 50.6 Å². The molecule has 2 aromatic carbocycles. The maximum Gasteiger partial charge on any atom is 0.260 e. The van der Waals surface area contributed by atoms with Crippen molar-refractivity contribution in [3.05, 3.63) is 60.2 Å². The molecule has 31 heavy (non-hydrogen) atoms. The second kappa shape index (κ2) is 10.3. The third-order valence-corrected chi connectivity index (χ3v) is 7.07. The number of hydrogen-bond donors (Lipinski definition) is 1. The number of rotatable bonds is 8. The molecule has 1 fully saturated rings. The molecule has 7 nitrogen and oxygen atoms in total. The van der Waals surface area contributed by atoms with Gasteiger partial charge in [0.25, 0.3) is 5.91 Å². The lowest BCUT2D eigenvalue weighted by Gasteiger charge is -2.34. The van der Waals surface area contributed by atoms with Crippen molar-refractivity contribution in [2.75, 3.05) is 26.2 Å². The Hall–Kier alpha value is -2.42. The summed E-state index contributed by atoms with van der Waals surface area (Å²) in [6, 6.07) is 16.5. The van der Waals surface area contributed by atoms with Crippen LogP contribution in [0.5, 0.6) is 5.75 Å². The van der Waals surface area contributed by atoms with Crippen molar-refractivity contribution < 1.29 is 17.9 Å². The Balaban J connectivity index is 1.56. The summed E-state index contributed by atoms with van der Waals surface area (Å²) in [5, 5.41) is 2.79. The Kier molecular flexibility index (Phi) is 7.69. The first-order valence-electron chi connectivity index (χ1n) is 10.6. The molecular formula is C23H31N3O4S. The lowest BCUT2D eigenvalue weighted by Crippen LogP contribution is -2.48. The molecule has 0 bridgehead atoms. The predicted molar refractivity (Wildman–Crippen MR) is 120 cm³/mol. The van der Waals surface area contributed by atoms with Crippen LogP contribution >= 0.6 is 0 Å². The number of carbonyl (C=O) groups is 1. The molecule has 1 amide bonds. The van der Waals surface area contributed by atoms with Crippen molar-refractivity contribution in [1.82, 2.24) is 14.5 Å². The summed E-state index contributed by atoms with van der Waals surface area (Å²) in [6.45, 7) is 8.55. The van der Waals surface area contributed by atoms with Gasteiger partial charge in [0.2, 0.25) is 10.0 Å². The van der Waals surface area contributed by atoms with Crippen LogP contribution in [-0.4, -0.2) is 61.9 Å². The second-order valence-corrected chi connectivity index (χ2v) is 10.00. The molecule has 1 saturated heterocycles. The first-order chi connectivity index (χ1) is 14.8. The van der Waals surface area contributed by atoms with Crippen LogP contribution in [0.2, 0.25) is 0 Å². The van der Waals surface area contributed by atoms with Gasteiger partial charge in [-0.15, -0.1) is 0 Å². The summed E-state index contributed by atoms with van der Waals surface area (Å²) >= 11 is 0. The lowest BCUT2D eigenvalue weighted by molar-refractivity contribution is -0.127. The number of carbonyl (C=O) groups excluding carboxylic acids is 1. The van der Waals surface area contributed by atoms with E-state index in [2.05, 4.69) is 22.3 Å². The van der Waals surface area contributed by atoms with Crippen LogP contribution in [0.4, 0.5) is 0 Å². The van der Waals surface area contributed by atoms with Crippen molar-refractivity contribution in [3.8, 4) is 5.75 Å². The van der Waals surface area contributed by atoms with Crippen LogP contribution in [-0.2, 0) is 21.4 Å². The molecule has 0 saturated carbocycles. The summed E-state index contributed by atoms with van der Waals surface area (Å²) in [5.74, 6) is 0.248. The molecule has 2 aromatic rings. The molecule has 1 N–H and O–H groups in total. The van der Waals surface area contributed by atoms with Crippen LogP contribution in [0.15, 0.2) is 59.5 Å². The lowest BCUT2D eigenvalue weighted by atomic mass is 10.2. The maximum atomic E-state index is 13.0. The molecule has 168 valence electrons. The largest absolute Gasteiger partial charge is 0.481 e. The smallest absolute Gasteiger partial charge is 0.260 e. The number of sulfonamides is 1. The van der Waals surface area contributed by atoms with Crippen LogP contribution in [0.25, 0.3) is 0 Å². The average Bonchev–Trinajstić information content (AvgIpc) is 2.75. The molecule has 3 rings (SSSR count). The van der Waals surface area contributed by atoms with E-state index < -0.39 is 16.1 Å². The molecule has 1 aliphatic heterocycles. The molecule has 1 aliphatic rings. The highest BCUT2D eigenvalue weighted by molar-refractivity contribution is 7.89. The van der Waals surface area contributed by atoms with Gasteiger partial charge in [0.05, 0.1) is 4.90 Å². The van der Waals surface area contributed by atoms with Crippen molar-refractivity contribution in [2.45, 2.75) is 44.4 Å². The van der Waals surface area contributed by atoms with Crippen LogP contribution in [0.3, 0.4) is 0 Å². The van der Waals surface area contributed by atoms with E-state index in [0.29, 0.717) is 31.9 Å². The zero-order valence-corrected chi connectivity index (χ0v) is 19.1. The van der Waals surface area contributed by atoms with Crippen molar-refractivity contribution >= 4 is 15.9 Å². The van der Waals surface area contributed by atoms with Gasteiger partial charge >= 0.3 is 0 Å². The standard InChI is InChI=1S/C23H31N3O4S/c1-18(2)24-23(27)19(3)30-21-9-11-22(12-10-21)31(28,29)26-15-13-25(14-16-26)17-20-7-5-4-6-8-20/h4-12,18-19H,13-17H2,1-3H3,(H,24,27)/t19-/m1/s1. The highest BCUT2D eigenvalue weighted by atomic mass is 32.2. The topological polar surface area (TPSA) is 78.9 Å². The minimum absolute atomic E-state index is 0.0271. The summed E-state index contributed by atoms with van der Waals surface area (Å²) < 4.78 is 33.2. The van der Waals surface area contributed by atoms with E-state index in [0.717, 1.165) is 6.54 Å². The van der Waals surface area contributed by atoms with Crippen molar-refractivity contribution in [3.63, 3.8) is 0 Å². The number of piperazine rings is 1. The SMILES string of the molecule is CC(C)NC(=O)[C@@H](C)Oc1ccc(S(=O)(=O)N2CCN(Cc3ccccc3)CC2)cc1. The van der Waals surface area contributed by atoms with Gasteiger partial charge in [-0.3, -0.25) is 9.69 Å². The molecule has 1 atom stereocenters. The van der Waals surface area contributed by atoms with Crippen molar-refractivity contribution in [1.29, 1.82) is 0 Å². The van der Waals surface area contributed by atoms with Crippen LogP contribution < -0.4 is 10.1 Å². The average molecular weight is 446 g/mol. The van der Waals surface area contributed by atoms with Gasteiger partial charge < -0.3 is 10.1 Å². The van der Waals surface area contributed by atoms with E-state index in [1.54, 1.807) is 19.1 Å². The van der Waals surface area contributed by atoms with E-state index in [1.165, 1.54) is 22.0 Å². The fourth-order valence-corrected chi connectivity index (χ4v) is 4.89. The summed E-state index contributed by atoms with van der Waals surface area (Å²) in [4.78, 5) is 14.5. The zero-order chi connectivity index (χ0) is 22.4. The molecule has 0 spiro atoms. The Morgan fingerprint density at radius 2 is 1.58 bits per heavy atom. The van der Waals surface area contributed by atoms with E-state index >= 15 is 0 Å². The molecule has 0 aromatic heterocycles. The minimum Gasteiger partial charge on any atom is -0.481 e. The molecule has 0 unspecified atom stereocenters.